The zero-order valence-electron chi connectivity index (χ0n) is 16.4. The molecular weight excluding hydrogens is 445 g/mol. The number of guanidine groups is 1. The molecule has 7 heteroatoms. The maximum absolute atomic E-state index is 4.83. The molecule has 2 heterocycles. The molecule has 0 bridgehead atoms. The molecule has 0 saturated carbocycles. The van der Waals surface area contributed by atoms with Crippen molar-refractivity contribution in [3.05, 3.63) is 0 Å². The maximum Gasteiger partial charge on any atom is 0.191 e. The summed E-state index contributed by atoms with van der Waals surface area (Å²) in [5, 5.41) is 6.91. The number of halogens is 1. The SMILES string of the molecule is CCNC(=NCC1(C)CCCS1)NCCCN1CCCN(C)CC1.I. The third-order valence-corrected chi connectivity index (χ3v) is 6.49. The second-order valence-corrected chi connectivity index (χ2v) is 9.06. The second kappa shape index (κ2) is 12.6. The van der Waals surface area contributed by atoms with Crippen molar-refractivity contribution in [2.75, 3.05) is 65.2 Å². The van der Waals surface area contributed by atoms with Gasteiger partial charge in [0.2, 0.25) is 0 Å². The van der Waals surface area contributed by atoms with Gasteiger partial charge in [-0.25, -0.2) is 0 Å². The van der Waals surface area contributed by atoms with Crippen LogP contribution in [0.2, 0.25) is 0 Å². The van der Waals surface area contributed by atoms with Crippen LogP contribution in [0.25, 0.3) is 0 Å². The Labute approximate surface area is 176 Å². The minimum atomic E-state index is 0. The summed E-state index contributed by atoms with van der Waals surface area (Å²) >= 11 is 2.08. The molecule has 0 aromatic heterocycles. The zero-order chi connectivity index (χ0) is 17.3. The van der Waals surface area contributed by atoms with Crippen molar-refractivity contribution in [1.82, 2.24) is 20.4 Å². The van der Waals surface area contributed by atoms with Gasteiger partial charge in [-0.15, -0.1) is 24.0 Å². The molecule has 1 atom stereocenters. The van der Waals surface area contributed by atoms with Gasteiger partial charge in [-0.2, -0.15) is 11.8 Å². The van der Waals surface area contributed by atoms with Crippen LogP contribution in [0.4, 0.5) is 0 Å². The molecule has 148 valence electrons. The number of likely N-dealkylation sites (N-methyl/N-ethyl adjacent to an activating group) is 1. The molecule has 0 aromatic rings. The average molecular weight is 484 g/mol. The minimum absolute atomic E-state index is 0. The van der Waals surface area contributed by atoms with Crippen molar-refractivity contribution in [2.24, 2.45) is 4.99 Å². The van der Waals surface area contributed by atoms with E-state index >= 15 is 0 Å². The smallest absolute Gasteiger partial charge is 0.191 e. The third kappa shape index (κ3) is 9.15. The average Bonchev–Trinajstić information content (AvgIpc) is 2.89. The summed E-state index contributed by atoms with van der Waals surface area (Å²) < 4.78 is 0.348. The number of nitrogens with zero attached hydrogens (tertiary/aromatic N) is 3. The van der Waals surface area contributed by atoms with E-state index in [1.807, 2.05) is 0 Å². The summed E-state index contributed by atoms with van der Waals surface area (Å²) in [4.78, 5) is 9.87. The summed E-state index contributed by atoms with van der Waals surface area (Å²) in [6.45, 7) is 13.4. The van der Waals surface area contributed by atoms with Gasteiger partial charge in [-0.3, -0.25) is 4.99 Å². The molecule has 5 nitrogen and oxygen atoms in total. The van der Waals surface area contributed by atoms with Gasteiger partial charge in [0.05, 0.1) is 6.54 Å². The lowest BCUT2D eigenvalue weighted by Gasteiger charge is -2.22. The molecule has 2 aliphatic heterocycles. The normalized spacial score (nSPS) is 26.1. The van der Waals surface area contributed by atoms with E-state index in [1.165, 1.54) is 64.2 Å². The molecule has 25 heavy (non-hydrogen) atoms. The third-order valence-electron chi connectivity index (χ3n) is 4.97. The van der Waals surface area contributed by atoms with E-state index in [1.54, 1.807) is 0 Å². The highest BCUT2D eigenvalue weighted by molar-refractivity contribution is 14.0. The standard InChI is InChI=1S/C18H37N5S.HI/c1-4-19-17(21-16-18(2)8-5-15-24-18)20-9-6-11-23-12-7-10-22(3)13-14-23;/h4-16H2,1-3H3,(H2,19,20,21);1H. The van der Waals surface area contributed by atoms with E-state index in [0.29, 0.717) is 4.75 Å². The topological polar surface area (TPSA) is 42.9 Å². The van der Waals surface area contributed by atoms with Crippen molar-refractivity contribution in [3.63, 3.8) is 0 Å². The second-order valence-electron chi connectivity index (χ2n) is 7.38. The van der Waals surface area contributed by atoms with Crippen molar-refractivity contribution >= 4 is 41.7 Å². The molecule has 2 N–H and O–H groups in total. The van der Waals surface area contributed by atoms with Crippen LogP contribution in [-0.4, -0.2) is 85.7 Å². The van der Waals surface area contributed by atoms with E-state index in [-0.39, 0.29) is 24.0 Å². The Balaban J connectivity index is 0.00000312. The van der Waals surface area contributed by atoms with Gasteiger partial charge in [0.1, 0.15) is 0 Å². The molecule has 0 radical (unpaired) electrons. The summed E-state index contributed by atoms with van der Waals surface area (Å²) in [7, 11) is 2.23. The predicted molar refractivity (Wildman–Crippen MR) is 123 cm³/mol. The number of rotatable bonds is 7. The van der Waals surface area contributed by atoms with Crippen molar-refractivity contribution in [2.45, 2.75) is 44.3 Å². The fourth-order valence-electron chi connectivity index (χ4n) is 3.38. The van der Waals surface area contributed by atoms with E-state index in [0.717, 1.165) is 25.6 Å². The van der Waals surface area contributed by atoms with E-state index in [9.17, 15) is 0 Å². The molecule has 2 aliphatic rings. The van der Waals surface area contributed by atoms with E-state index < -0.39 is 0 Å². The number of nitrogens with one attached hydrogen (secondary N) is 2. The molecule has 0 amide bonds. The van der Waals surface area contributed by atoms with Crippen molar-refractivity contribution in [1.29, 1.82) is 0 Å². The lowest BCUT2D eigenvalue weighted by Crippen LogP contribution is -2.40. The van der Waals surface area contributed by atoms with Gasteiger partial charge < -0.3 is 20.4 Å². The monoisotopic (exact) mass is 483 g/mol. The molecule has 2 rings (SSSR count). The Morgan fingerprint density at radius 3 is 2.72 bits per heavy atom. The van der Waals surface area contributed by atoms with Crippen molar-refractivity contribution in [3.8, 4) is 0 Å². The molecule has 0 aromatic carbocycles. The van der Waals surface area contributed by atoms with E-state index in [4.69, 9.17) is 4.99 Å². The van der Waals surface area contributed by atoms with E-state index in [2.05, 4.69) is 53.1 Å². The highest BCUT2D eigenvalue weighted by atomic mass is 127. The number of hydrogen-bond acceptors (Lipinski definition) is 4. The first-order valence-electron chi connectivity index (χ1n) is 9.68. The Morgan fingerprint density at radius 2 is 2.00 bits per heavy atom. The first-order valence-corrected chi connectivity index (χ1v) is 10.7. The first kappa shape index (κ1) is 23.3. The summed E-state index contributed by atoms with van der Waals surface area (Å²) in [5.74, 6) is 2.28. The first-order chi connectivity index (χ1) is 11.6. The van der Waals surface area contributed by atoms with Gasteiger partial charge in [0, 0.05) is 30.9 Å². The number of aliphatic imine (C=N–C) groups is 1. The van der Waals surface area contributed by atoms with Crippen molar-refractivity contribution < 1.29 is 0 Å². The largest absolute Gasteiger partial charge is 0.357 e. The lowest BCUT2D eigenvalue weighted by molar-refractivity contribution is 0.274. The number of thioether (sulfide) groups is 1. The Morgan fingerprint density at radius 1 is 1.16 bits per heavy atom. The maximum atomic E-state index is 4.83. The Bertz CT molecular complexity index is 388. The van der Waals surface area contributed by atoms with Crippen LogP contribution in [-0.2, 0) is 0 Å². The predicted octanol–water partition coefficient (Wildman–Crippen LogP) is 2.47. The molecule has 0 spiro atoms. The molecule has 1 unspecified atom stereocenters. The van der Waals surface area contributed by atoms with Gasteiger partial charge in [-0.05, 0) is 72.0 Å². The lowest BCUT2D eigenvalue weighted by atomic mass is 10.1. The Hall–Kier alpha value is 0.270. The van der Waals surface area contributed by atoms with Gasteiger partial charge in [-0.1, -0.05) is 0 Å². The molecule has 2 saturated heterocycles. The Kier molecular flexibility index (Phi) is 11.8. The van der Waals surface area contributed by atoms with Crippen LogP contribution >= 0.6 is 35.7 Å². The summed E-state index contributed by atoms with van der Waals surface area (Å²) in [5.41, 5.74) is 0. The fourth-order valence-corrected chi connectivity index (χ4v) is 4.61. The van der Waals surface area contributed by atoms with Gasteiger partial charge in [0.25, 0.3) is 0 Å². The quantitative estimate of drug-likeness (QED) is 0.252. The summed E-state index contributed by atoms with van der Waals surface area (Å²) in [6.07, 6.45) is 5.11. The molecule has 2 fully saturated rings. The fraction of sp³-hybridized carbons (Fsp3) is 0.944. The molecular formula is C18H38IN5S. The minimum Gasteiger partial charge on any atom is -0.357 e. The highest BCUT2D eigenvalue weighted by Crippen LogP contribution is 2.37. The van der Waals surface area contributed by atoms with Crippen LogP contribution in [0.5, 0.6) is 0 Å². The van der Waals surface area contributed by atoms with Crippen LogP contribution in [0.1, 0.15) is 39.5 Å². The highest BCUT2D eigenvalue weighted by Gasteiger charge is 2.29. The summed E-state index contributed by atoms with van der Waals surface area (Å²) in [6, 6.07) is 0. The van der Waals surface area contributed by atoms with Gasteiger partial charge in [0.15, 0.2) is 5.96 Å². The van der Waals surface area contributed by atoms with Crippen LogP contribution in [0.15, 0.2) is 4.99 Å². The van der Waals surface area contributed by atoms with Crippen LogP contribution in [0.3, 0.4) is 0 Å². The zero-order valence-corrected chi connectivity index (χ0v) is 19.5. The molecule has 0 aliphatic carbocycles. The van der Waals surface area contributed by atoms with Crippen LogP contribution in [0, 0.1) is 0 Å². The van der Waals surface area contributed by atoms with Gasteiger partial charge >= 0.3 is 0 Å². The van der Waals surface area contributed by atoms with Crippen LogP contribution < -0.4 is 10.6 Å². The number of hydrogen-bond donors (Lipinski definition) is 2.